The number of anilines is 1. The molecule has 7 rings (SSSR count). The summed E-state index contributed by atoms with van der Waals surface area (Å²) in [6.45, 7) is 11.0. The molecule has 2 saturated heterocycles. The van der Waals surface area contributed by atoms with Gasteiger partial charge in [-0.15, -0.1) is 0 Å². The lowest BCUT2D eigenvalue weighted by atomic mass is 9.76. The van der Waals surface area contributed by atoms with Gasteiger partial charge in [0, 0.05) is 99.1 Å². The quantitative estimate of drug-likeness (QED) is 0.203. The summed E-state index contributed by atoms with van der Waals surface area (Å²) in [5.74, 6) is 1.23. The summed E-state index contributed by atoms with van der Waals surface area (Å²) in [5, 5.41) is 11.7. The average Bonchev–Trinajstić information content (AvgIpc) is 3.75. The van der Waals surface area contributed by atoms with E-state index in [1.807, 2.05) is 29.2 Å². The zero-order chi connectivity index (χ0) is 34.8. The van der Waals surface area contributed by atoms with Crippen molar-refractivity contribution in [3.05, 3.63) is 65.0 Å². The predicted molar refractivity (Wildman–Crippen MR) is 195 cm³/mol. The number of hydrogen-bond acceptors (Lipinski definition) is 7. The minimum Gasteiger partial charge on any atom is -0.359 e. The van der Waals surface area contributed by atoms with Crippen molar-refractivity contribution in [1.82, 2.24) is 35.3 Å². The van der Waals surface area contributed by atoms with Gasteiger partial charge in [-0.25, -0.2) is 4.98 Å². The number of aromatic nitrogens is 4. The normalized spacial score (nSPS) is 18.9. The topological polar surface area (TPSA) is 130 Å². The van der Waals surface area contributed by atoms with Crippen LogP contribution in [0.5, 0.6) is 0 Å². The van der Waals surface area contributed by atoms with Crippen LogP contribution in [0.15, 0.2) is 42.6 Å². The predicted octanol–water partition coefficient (Wildman–Crippen LogP) is 4.95. The summed E-state index contributed by atoms with van der Waals surface area (Å²) in [5.41, 5.74) is 7.44. The van der Waals surface area contributed by atoms with Crippen molar-refractivity contribution in [3.8, 4) is 11.4 Å². The first kappa shape index (κ1) is 34.0. The zero-order valence-corrected chi connectivity index (χ0v) is 29.6. The molecule has 5 heterocycles. The summed E-state index contributed by atoms with van der Waals surface area (Å²) >= 11 is 0. The molecule has 2 fully saturated rings. The summed E-state index contributed by atoms with van der Waals surface area (Å²) in [6, 6.07) is 12.1. The fraction of sp³-hybridized carbons (Fsp3) is 0.513. The summed E-state index contributed by atoms with van der Waals surface area (Å²) < 4.78 is 0. The number of nitrogens with one attached hydrogen (secondary N) is 3. The Bertz CT molecular complexity index is 1830. The molecule has 3 N–H and O–H groups in total. The number of rotatable bonds is 10. The minimum atomic E-state index is -0.324. The largest absolute Gasteiger partial charge is 0.359 e. The van der Waals surface area contributed by atoms with Crippen molar-refractivity contribution in [2.75, 3.05) is 57.8 Å². The lowest BCUT2D eigenvalue weighted by molar-refractivity contribution is -0.120. The van der Waals surface area contributed by atoms with Crippen LogP contribution >= 0.6 is 0 Å². The third-order valence-corrected chi connectivity index (χ3v) is 11.2. The molecule has 11 nitrogen and oxygen atoms in total. The molecule has 1 atom stereocenters. The number of hydrogen-bond donors (Lipinski definition) is 3. The number of piperidine rings is 1. The van der Waals surface area contributed by atoms with Gasteiger partial charge in [-0.3, -0.25) is 19.6 Å². The van der Waals surface area contributed by atoms with E-state index in [9.17, 15) is 14.4 Å². The molecule has 50 heavy (non-hydrogen) atoms. The standard InChI is InChI=1S/C39H50N8O3/c1-39(2)13-10-31-34(22-39)43-44-37(31)33-20-27-4-5-28(21-32(27)42-33)38(50)47-14-11-26(12-15-47)24-45-16-18-46(19-17-45)35-8-6-29(23-41-35)30(25-48)7-9-36(49)40-3/h4-6,8,20-21,23,25-26,30,42H,7,9-19,22,24H2,1-3H3,(H,40,49)(H,43,44). The van der Waals surface area contributed by atoms with Gasteiger partial charge in [0.05, 0.1) is 5.69 Å². The highest BCUT2D eigenvalue weighted by Crippen LogP contribution is 2.38. The number of carbonyl (C=O) groups is 3. The third kappa shape index (κ3) is 7.33. The Morgan fingerprint density at radius 3 is 2.58 bits per heavy atom. The van der Waals surface area contributed by atoms with E-state index in [0.29, 0.717) is 24.2 Å². The Morgan fingerprint density at radius 2 is 1.86 bits per heavy atom. The fourth-order valence-corrected chi connectivity index (χ4v) is 8.01. The maximum Gasteiger partial charge on any atom is 0.253 e. The van der Waals surface area contributed by atoms with Crippen LogP contribution in [-0.4, -0.2) is 101 Å². The molecule has 0 saturated carbocycles. The number of pyridine rings is 1. The highest BCUT2D eigenvalue weighted by Gasteiger charge is 2.30. The van der Waals surface area contributed by atoms with E-state index >= 15 is 0 Å². The number of piperazine rings is 1. The first-order chi connectivity index (χ1) is 24.2. The van der Waals surface area contributed by atoms with Crippen molar-refractivity contribution in [2.45, 2.75) is 64.7 Å². The summed E-state index contributed by atoms with van der Waals surface area (Å²) in [4.78, 5) is 51.9. The Hall–Kier alpha value is -4.51. The fourth-order valence-electron chi connectivity index (χ4n) is 8.01. The van der Waals surface area contributed by atoms with Gasteiger partial charge < -0.3 is 24.9 Å². The van der Waals surface area contributed by atoms with E-state index in [0.717, 1.165) is 123 Å². The Labute approximate surface area is 294 Å². The molecule has 3 aliphatic rings. The maximum atomic E-state index is 13.6. The molecular weight excluding hydrogens is 628 g/mol. The maximum absolute atomic E-state index is 13.6. The minimum absolute atomic E-state index is 0.0635. The number of nitrogens with zero attached hydrogens (tertiary/aromatic N) is 5. The Balaban J connectivity index is 0.882. The second kappa shape index (κ2) is 14.4. The Morgan fingerprint density at radius 1 is 1.06 bits per heavy atom. The van der Waals surface area contributed by atoms with E-state index in [1.54, 1.807) is 13.2 Å². The lowest BCUT2D eigenvalue weighted by Crippen LogP contribution is -2.49. The van der Waals surface area contributed by atoms with Crippen LogP contribution in [-0.2, 0) is 22.4 Å². The number of aromatic amines is 2. The van der Waals surface area contributed by atoms with E-state index < -0.39 is 0 Å². The molecule has 11 heteroatoms. The smallest absolute Gasteiger partial charge is 0.253 e. The highest BCUT2D eigenvalue weighted by molar-refractivity contribution is 5.99. The summed E-state index contributed by atoms with van der Waals surface area (Å²) in [6.07, 6.45) is 8.72. The van der Waals surface area contributed by atoms with Crippen LogP contribution in [0, 0.1) is 11.3 Å². The van der Waals surface area contributed by atoms with E-state index in [-0.39, 0.29) is 17.7 Å². The van der Waals surface area contributed by atoms with Crippen LogP contribution in [0.1, 0.15) is 79.0 Å². The zero-order valence-electron chi connectivity index (χ0n) is 29.6. The van der Waals surface area contributed by atoms with Gasteiger partial charge in [-0.05, 0) is 79.7 Å². The Kier molecular flexibility index (Phi) is 9.77. The van der Waals surface area contributed by atoms with Crippen molar-refractivity contribution in [2.24, 2.45) is 11.3 Å². The number of aldehydes is 1. The van der Waals surface area contributed by atoms with Crippen molar-refractivity contribution in [1.29, 1.82) is 0 Å². The number of likely N-dealkylation sites (tertiary alicyclic amines) is 1. The molecule has 3 aromatic heterocycles. The van der Waals surface area contributed by atoms with E-state index in [4.69, 9.17) is 0 Å². The molecule has 1 aromatic carbocycles. The van der Waals surface area contributed by atoms with Crippen molar-refractivity contribution < 1.29 is 14.4 Å². The molecule has 4 aromatic rings. The SMILES string of the molecule is CNC(=O)CCC(C=O)c1ccc(N2CCN(CC3CCN(C(=O)c4ccc5cc(-c6n[nH]c7c6CCC(C)(C)C7)[nH]c5c4)CC3)CC2)nc1. The second-order valence-corrected chi connectivity index (χ2v) is 15.3. The molecule has 0 radical (unpaired) electrons. The van der Waals surface area contributed by atoms with Gasteiger partial charge in [0.2, 0.25) is 5.91 Å². The number of carbonyl (C=O) groups excluding carboxylic acids is 3. The average molecular weight is 679 g/mol. The molecule has 1 aliphatic carbocycles. The molecule has 2 amide bonds. The second-order valence-electron chi connectivity index (χ2n) is 15.3. The molecule has 0 bridgehead atoms. The number of H-pyrrole nitrogens is 2. The van der Waals surface area contributed by atoms with Crippen molar-refractivity contribution >= 4 is 34.8 Å². The van der Waals surface area contributed by atoms with E-state index in [1.165, 1.54) is 11.3 Å². The molecule has 2 aliphatic heterocycles. The van der Waals surface area contributed by atoms with Crippen LogP contribution in [0.25, 0.3) is 22.3 Å². The monoisotopic (exact) mass is 678 g/mol. The van der Waals surface area contributed by atoms with Crippen LogP contribution < -0.4 is 10.2 Å². The molecule has 1 unspecified atom stereocenters. The van der Waals surface area contributed by atoms with Gasteiger partial charge in [-0.1, -0.05) is 26.0 Å². The van der Waals surface area contributed by atoms with Gasteiger partial charge in [0.15, 0.2) is 0 Å². The third-order valence-electron chi connectivity index (χ3n) is 11.2. The van der Waals surface area contributed by atoms with Gasteiger partial charge in [0.1, 0.15) is 17.8 Å². The first-order valence-electron chi connectivity index (χ1n) is 18.3. The molecule has 264 valence electrons. The van der Waals surface area contributed by atoms with Crippen LogP contribution in [0.3, 0.4) is 0 Å². The summed E-state index contributed by atoms with van der Waals surface area (Å²) in [7, 11) is 1.61. The molecule has 0 spiro atoms. The van der Waals surface area contributed by atoms with Gasteiger partial charge in [-0.2, -0.15) is 5.10 Å². The van der Waals surface area contributed by atoms with Gasteiger partial charge in [0.25, 0.3) is 5.91 Å². The molecular formula is C39H50N8O3. The highest BCUT2D eigenvalue weighted by atomic mass is 16.2. The number of fused-ring (bicyclic) bond motifs is 2. The van der Waals surface area contributed by atoms with E-state index in [2.05, 4.69) is 61.3 Å². The van der Waals surface area contributed by atoms with Gasteiger partial charge >= 0.3 is 0 Å². The number of benzene rings is 1. The van der Waals surface area contributed by atoms with Crippen LogP contribution in [0.4, 0.5) is 5.82 Å². The number of amides is 2. The van der Waals surface area contributed by atoms with Crippen molar-refractivity contribution in [3.63, 3.8) is 0 Å². The lowest BCUT2D eigenvalue weighted by Gasteiger charge is -2.39. The first-order valence-corrected chi connectivity index (χ1v) is 18.3. The van der Waals surface area contributed by atoms with Crippen LogP contribution in [0.2, 0.25) is 0 Å².